The molecule has 10 heteroatoms. The number of carbonyl (C=O) groups is 3. The smallest absolute Gasteiger partial charge is 0.294 e. The predicted octanol–water partition coefficient (Wildman–Crippen LogP) is 6.87. The Balaban J connectivity index is 1.43. The van der Waals surface area contributed by atoms with E-state index < -0.39 is 17.1 Å². The highest BCUT2D eigenvalue weighted by molar-refractivity contribution is 14.1. The van der Waals surface area contributed by atoms with Gasteiger partial charge >= 0.3 is 0 Å². The average molecular weight is 742 g/mol. The summed E-state index contributed by atoms with van der Waals surface area (Å²) in [5.41, 5.74) is 2.47. The Morgan fingerprint density at radius 3 is 2.47 bits per heavy atom. The number of nitrogens with zero attached hydrogens (tertiary/aromatic N) is 1. The van der Waals surface area contributed by atoms with Crippen molar-refractivity contribution in [3.63, 3.8) is 0 Å². The van der Waals surface area contributed by atoms with Crippen LogP contribution in [0.5, 0.6) is 5.75 Å². The lowest BCUT2D eigenvalue weighted by molar-refractivity contribution is -0.127. The lowest BCUT2D eigenvalue weighted by atomic mass is 10.2. The molecule has 1 aliphatic rings. The van der Waals surface area contributed by atoms with Crippen LogP contribution in [0.1, 0.15) is 11.1 Å². The van der Waals surface area contributed by atoms with E-state index >= 15 is 0 Å². The maximum absolute atomic E-state index is 12.9. The van der Waals surface area contributed by atoms with Crippen molar-refractivity contribution in [1.29, 1.82) is 0 Å². The number of ether oxygens (including phenoxy) is 1. The summed E-state index contributed by atoms with van der Waals surface area (Å²) in [5, 5.41) is 2.28. The average Bonchev–Trinajstić information content (AvgIpc) is 3.11. The highest BCUT2D eigenvalue weighted by Crippen LogP contribution is 2.35. The molecule has 0 bridgehead atoms. The minimum absolute atomic E-state index is 0.279. The van der Waals surface area contributed by atoms with Gasteiger partial charge in [0.1, 0.15) is 18.9 Å². The van der Waals surface area contributed by atoms with Crippen LogP contribution in [0.3, 0.4) is 0 Å². The highest BCUT2D eigenvalue weighted by atomic mass is 127. The first-order valence-corrected chi connectivity index (χ1v) is 14.9. The summed E-state index contributed by atoms with van der Waals surface area (Å²) >= 11 is 6.80. The molecule has 0 atom stereocenters. The fourth-order valence-corrected chi connectivity index (χ4v) is 6.79. The normalized spacial score (nSPS) is 14.4. The van der Waals surface area contributed by atoms with Crippen LogP contribution in [0, 0.1) is 7.14 Å². The fourth-order valence-electron chi connectivity index (χ4n) is 3.36. The van der Waals surface area contributed by atoms with E-state index in [2.05, 4.69) is 50.5 Å². The van der Waals surface area contributed by atoms with Crippen LogP contribution >= 0.6 is 68.7 Å². The van der Waals surface area contributed by atoms with E-state index in [0.717, 1.165) is 45.6 Å². The van der Waals surface area contributed by atoms with Gasteiger partial charge in [-0.05, 0) is 111 Å². The highest BCUT2D eigenvalue weighted by Gasteiger charge is 2.36. The van der Waals surface area contributed by atoms with Crippen LogP contribution < -0.4 is 10.1 Å². The molecular formula is C26H20I2N2O4S2. The lowest BCUT2D eigenvalue weighted by Crippen LogP contribution is -2.36. The van der Waals surface area contributed by atoms with Gasteiger partial charge in [-0.2, -0.15) is 0 Å². The van der Waals surface area contributed by atoms with Gasteiger partial charge in [0.25, 0.3) is 11.1 Å². The fraction of sp³-hybridized carbons (Fsp3) is 0.115. The van der Waals surface area contributed by atoms with E-state index in [9.17, 15) is 14.4 Å². The van der Waals surface area contributed by atoms with Crippen LogP contribution in [0.15, 0.2) is 76.5 Å². The number of hydrogen-bond donors (Lipinski definition) is 1. The Morgan fingerprint density at radius 1 is 1.06 bits per heavy atom. The van der Waals surface area contributed by atoms with Gasteiger partial charge < -0.3 is 10.1 Å². The van der Waals surface area contributed by atoms with Gasteiger partial charge in [0.2, 0.25) is 5.91 Å². The molecule has 3 amide bonds. The first-order chi connectivity index (χ1) is 17.3. The number of amides is 3. The van der Waals surface area contributed by atoms with E-state index in [0.29, 0.717) is 12.3 Å². The Kier molecular flexibility index (Phi) is 9.36. The van der Waals surface area contributed by atoms with E-state index in [1.54, 1.807) is 23.9 Å². The number of imide groups is 1. The van der Waals surface area contributed by atoms with Crippen LogP contribution in [-0.2, 0) is 16.2 Å². The van der Waals surface area contributed by atoms with Gasteiger partial charge in [-0.3, -0.25) is 19.3 Å². The van der Waals surface area contributed by atoms with Gasteiger partial charge in [-0.25, -0.2) is 0 Å². The summed E-state index contributed by atoms with van der Waals surface area (Å²) < 4.78 is 7.82. The third kappa shape index (κ3) is 6.84. The van der Waals surface area contributed by atoms with Crippen molar-refractivity contribution >= 4 is 97.5 Å². The quantitative estimate of drug-likeness (QED) is 0.154. The molecule has 1 N–H and O–H groups in total. The molecule has 1 saturated heterocycles. The molecule has 0 unspecified atom stereocenters. The first-order valence-electron chi connectivity index (χ1n) is 10.7. The van der Waals surface area contributed by atoms with Crippen molar-refractivity contribution in [3.05, 3.63) is 89.9 Å². The second-order valence-electron chi connectivity index (χ2n) is 7.64. The number of carbonyl (C=O) groups excluding carboxylic acids is 3. The van der Waals surface area contributed by atoms with Crippen molar-refractivity contribution in [2.24, 2.45) is 0 Å². The second-order valence-corrected chi connectivity index (χ2v) is 11.8. The molecule has 1 aliphatic heterocycles. The minimum atomic E-state index is -0.479. The zero-order valence-corrected chi connectivity index (χ0v) is 24.9. The molecule has 0 saturated carbocycles. The summed E-state index contributed by atoms with van der Waals surface area (Å²) in [6, 6.07) is 21.1. The summed E-state index contributed by atoms with van der Waals surface area (Å²) in [5.74, 6) is -0.138. The van der Waals surface area contributed by atoms with Gasteiger partial charge in [-0.1, -0.05) is 36.4 Å². The van der Waals surface area contributed by atoms with E-state index in [1.165, 1.54) is 0 Å². The molecule has 0 radical (unpaired) electrons. The molecule has 36 heavy (non-hydrogen) atoms. The van der Waals surface area contributed by atoms with Crippen molar-refractivity contribution < 1.29 is 19.1 Å². The standard InChI is InChI=1S/C26H20I2N2O4S2/c1-35-19-9-5-8-18(13-19)29-23(31)14-30-25(32)22(36-26(30)33)12-17-10-20(27)24(21(28)11-17)34-15-16-6-3-2-4-7-16/h2-13H,14-15H2,1H3,(H,29,31)/b22-12+. The van der Waals surface area contributed by atoms with Gasteiger partial charge in [0.15, 0.2) is 0 Å². The van der Waals surface area contributed by atoms with E-state index in [-0.39, 0.29) is 11.4 Å². The van der Waals surface area contributed by atoms with Crippen LogP contribution in [0.25, 0.3) is 6.08 Å². The van der Waals surface area contributed by atoms with Crippen LogP contribution in [0.2, 0.25) is 0 Å². The molecule has 3 aromatic rings. The predicted molar refractivity (Wildman–Crippen MR) is 162 cm³/mol. The van der Waals surface area contributed by atoms with E-state index in [4.69, 9.17) is 4.74 Å². The zero-order valence-electron chi connectivity index (χ0n) is 19.0. The Labute approximate surface area is 244 Å². The number of anilines is 1. The Bertz CT molecular complexity index is 1330. The molecular weight excluding hydrogens is 722 g/mol. The first kappa shape index (κ1) is 27.0. The van der Waals surface area contributed by atoms with Crippen LogP contribution in [-0.4, -0.2) is 34.8 Å². The van der Waals surface area contributed by atoms with Crippen molar-refractivity contribution in [2.75, 3.05) is 18.1 Å². The summed E-state index contributed by atoms with van der Waals surface area (Å²) in [4.78, 5) is 40.2. The minimum Gasteiger partial charge on any atom is -0.487 e. The third-order valence-corrected chi connectivity index (χ3v) is 8.31. The SMILES string of the molecule is CSc1cccc(NC(=O)CN2C(=O)S/C(=C/c3cc(I)c(OCc4ccccc4)c(I)c3)C2=O)c1. The molecule has 0 spiro atoms. The molecule has 3 aromatic carbocycles. The number of nitrogens with one attached hydrogen (secondary N) is 1. The number of hydrogen-bond acceptors (Lipinski definition) is 6. The van der Waals surface area contributed by atoms with Crippen LogP contribution in [0.4, 0.5) is 10.5 Å². The Hall–Kier alpha value is -2.03. The Morgan fingerprint density at radius 2 is 1.78 bits per heavy atom. The summed E-state index contributed by atoms with van der Waals surface area (Å²) in [7, 11) is 0. The van der Waals surface area contributed by atoms with Crippen molar-refractivity contribution in [3.8, 4) is 5.75 Å². The van der Waals surface area contributed by atoms with Gasteiger partial charge in [-0.15, -0.1) is 11.8 Å². The zero-order chi connectivity index (χ0) is 25.7. The second kappa shape index (κ2) is 12.5. The summed E-state index contributed by atoms with van der Waals surface area (Å²) in [6.45, 7) is 0.113. The third-order valence-electron chi connectivity index (χ3n) is 5.07. The molecule has 1 heterocycles. The summed E-state index contributed by atoms with van der Waals surface area (Å²) in [6.07, 6.45) is 3.62. The molecule has 184 valence electrons. The maximum Gasteiger partial charge on any atom is 0.294 e. The molecule has 6 nitrogen and oxygen atoms in total. The number of halogens is 2. The lowest BCUT2D eigenvalue weighted by Gasteiger charge is -2.13. The molecule has 1 fully saturated rings. The molecule has 0 aliphatic carbocycles. The molecule has 4 rings (SSSR count). The van der Waals surface area contributed by atoms with Crippen molar-refractivity contribution in [2.45, 2.75) is 11.5 Å². The monoisotopic (exact) mass is 742 g/mol. The topological polar surface area (TPSA) is 75.7 Å². The van der Waals surface area contributed by atoms with Gasteiger partial charge in [0, 0.05) is 10.6 Å². The molecule has 0 aromatic heterocycles. The van der Waals surface area contributed by atoms with E-state index in [1.807, 2.05) is 66.9 Å². The number of thioether (sulfide) groups is 2. The van der Waals surface area contributed by atoms with Gasteiger partial charge in [0.05, 0.1) is 12.0 Å². The number of benzene rings is 3. The largest absolute Gasteiger partial charge is 0.487 e. The number of rotatable bonds is 8. The van der Waals surface area contributed by atoms with Crippen molar-refractivity contribution in [1.82, 2.24) is 4.90 Å². The maximum atomic E-state index is 12.9.